The molecule has 0 aliphatic rings. The van der Waals surface area contributed by atoms with Gasteiger partial charge >= 0.3 is 5.97 Å². The van der Waals surface area contributed by atoms with Gasteiger partial charge in [-0.3, -0.25) is 4.40 Å². The van der Waals surface area contributed by atoms with E-state index in [9.17, 15) is 18.7 Å². The van der Waals surface area contributed by atoms with E-state index >= 15 is 0 Å². The van der Waals surface area contributed by atoms with Gasteiger partial charge in [0.2, 0.25) is 5.01 Å². The second-order valence-corrected chi connectivity index (χ2v) is 8.06. The number of halogens is 2. The highest BCUT2D eigenvalue weighted by atomic mass is 32.1. The van der Waals surface area contributed by atoms with E-state index in [1.165, 1.54) is 18.2 Å². The number of carboxylic acid groups (broad SMARTS) is 1. The number of ether oxygens (including phenoxy) is 1. The molecule has 6 nitrogen and oxygen atoms in total. The normalized spacial score (nSPS) is 11.3. The van der Waals surface area contributed by atoms with Crippen LogP contribution in [-0.4, -0.2) is 25.4 Å². The summed E-state index contributed by atoms with van der Waals surface area (Å²) in [6.07, 6.45) is 2.42. The Labute approximate surface area is 180 Å². The summed E-state index contributed by atoms with van der Waals surface area (Å²) in [7, 11) is 0. The molecule has 160 valence electrons. The summed E-state index contributed by atoms with van der Waals surface area (Å²) in [5.74, 6) is -2.06. The van der Waals surface area contributed by atoms with Gasteiger partial charge in [-0.05, 0) is 44.0 Å². The van der Waals surface area contributed by atoms with Crippen molar-refractivity contribution >= 4 is 23.0 Å². The number of nitrogens with zero attached hydrogens (tertiary/aromatic N) is 3. The second-order valence-electron chi connectivity index (χ2n) is 7.06. The molecule has 3 heterocycles. The third kappa shape index (κ3) is 3.76. The first kappa shape index (κ1) is 20.9. The van der Waals surface area contributed by atoms with Gasteiger partial charge in [-0.2, -0.15) is 0 Å². The second kappa shape index (κ2) is 8.07. The van der Waals surface area contributed by atoms with Crippen molar-refractivity contribution in [1.29, 1.82) is 0 Å². The molecule has 3 aromatic heterocycles. The van der Waals surface area contributed by atoms with Gasteiger partial charge in [0.05, 0.1) is 27.5 Å². The Bertz CT molecular complexity index is 1290. The molecule has 0 spiro atoms. The van der Waals surface area contributed by atoms with Gasteiger partial charge in [0.15, 0.2) is 11.4 Å². The molecule has 31 heavy (non-hydrogen) atoms. The van der Waals surface area contributed by atoms with Crippen molar-refractivity contribution in [2.45, 2.75) is 33.8 Å². The van der Waals surface area contributed by atoms with Gasteiger partial charge in [0.25, 0.3) is 0 Å². The number of imidazole rings is 1. The average molecular weight is 443 g/mol. The topological polar surface area (TPSA) is 76.7 Å². The third-order valence-corrected chi connectivity index (χ3v) is 5.95. The minimum Gasteiger partial charge on any atom is -0.485 e. The quantitative estimate of drug-likeness (QED) is 0.444. The maximum atomic E-state index is 14.0. The first-order chi connectivity index (χ1) is 14.8. The molecule has 0 saturated heterocycles. The van der Waals surface area contributed by atoms with E-state index in [4.69, 9.17) is 4.74 Å². The van der Waals surface area contributed by atoms with Crippen LogP contribution in [0.4, 0.5) is 8.78 Å². The van der Waals surface area contributed by atoms with Crippen LogP contribution in [0.2, 0.25) is 0 Å². The Hall–Kier alpha value is -3.33. The highest BCUT2D eigenvalue weighted by Crippen LogP contribution is 2.36. The number of carboxylic acids is 1. The molecule has 0 fully saturated rings. The van der Waals surface area contributed by atoms with Crippen molar-refractivity contribution in [2.75, 3.05) is 0 Å². The SMILES string of the molecule is CCc1nc(C(=O)O)sc1-c1c(C)nc2c(OCc3c(F)cccc3F)cc(C)cn12. The summed E-state index contributed by atoms with van der Waals surface area (Å²) in [5.41, 5.74) is 3.22. The van der Waals surface area contributed by atoms with E-state index < -0.39 is 17.6 Å². The summed E-state index contributed by atoms with van der Waals surface area (Å²) in [5, 5.41) is 9.37. The first-order valence-electron chi connectivity index (χ1n) is 9.58. The van der Waals surface area contributed by atoms with E-state index in [2.05, 4.69) is 9.97 Å². The highest BCUT2D eigenvalue weighted by molar-refractivity contribution is 7.17. The van der Waals surface area contributed by atoms with Crippen molar-refractivity contribution < 1.29 is 23.4 Å². The van der Waals surface area contributed by atoms with Gasteiger partial charge in [-0.15, -0.1) is 11.3 Å². The van der Waals surface area contributed by atoms with E-state index in [0.29, 0.717) is 29.2 Å². The molecule has 0 bridgehead atoms. The molecule has 0 radical (unpaired) electrons. The molecule has 4 aromatic rings. The van der Waals surface area contributed by atoms with Gasteiger partial charge < -0.3 is 9.84 Å². The Morgan fingerprint density at radius 3 is 2.58 bits per heavy atom. The van der Waals surface area contributed by atoms with Crippen LogP contribution >= 0.6 is 11.3 Å². The minimum absolute atomic E-state index is 0.0142. The number of aryl methyl sites for hydroxylation is 3. The van der Waals surface area contributed by atoms with Crippen LogP contribution in [-0.2, 0) is 13.0 Å². The fourth-order valence-corrected chi connectivity index (χ4v) is 4.51. The van der Waals surface area contributed by atoms with E-state index in [-0.39, 0.29) is 17.2 Å². The number of rotatable bonds is 6. The number of fused-ring (bicyclic) bond motifs is 1. The van der Waals surface area contributed by atoms with Crippen LogP contribution in [0.15, 0.2) is 30.5 Å². The molecule has 1 aromatic carbocycles. The Balaban J connectivity index is 1.82. The first-order valence-corrected chi connectivity index (χ1v) is 10.4. The van der Waals surface area contributed by atoms with E-state index in [0.717, 1.165) is 27.5 Å². The monoisotopic (exact) mass is 443 g/mol. The number of carbonyl (C=O) groups is 1. The summed E-state index contributed by atoms with van der Waals surface area (Å²) in [6, 6.07) is 5.42. The van der Waals surface area contributed by atoms with Gasteiger partial charge in [-0.25, -0.2) is 23.5 Å². The van der Waals surface area contributed by atoms with Crippen molar-refractivity contribution in [1.82, 2.24) is 14.4 Å². The largest absolute Gasteiger partial charge is 0.485 e. The number of hydrogen-bond acceptors (Lipinski definition) is 5. The smallest absolute Gasteiger partial charge is 0.365 e. The molecule has 0 atom stereocenters. The van der Waals surface area contributed by atoms with Crippen LogP contribution in [0.1, 0.15) is 39.2 Å². The van der Waals surface area contributed by atoms with Crippen LogP contribution in [0.5, 0.6) is 5.75 Å². The molecule has 0 amide bonds. The molecule has 0 aliphatic carbocycles. The number of benzene rings is 1. The predicted octanol–water partition coefficient (Wildman–Crippen LogP) is 5.19. The number of aromatic carboxylic acids is 1. The summed E-state index contributed by atoms with van der Waals surface area (Å²) in [6.45, 7) is 5.30. The Morgan fingerprint density at radius 1 is 1.23 bits per heavy atom. The standard InChI is InChI=1S/C22H19F2N3O3S/c1-4-16-19(31-21(26-16)22(28)29)18-12(3)25-20-17(8-11(2)9-27(18)20)30-10-13-14(23)6-5-7-15(13)24/h5-9H,4,10H2,1-3H3,(H,28,29). The lowest BCUT2D eigenvalue weighted by Gasteiger charge is -2.11. The summed E-state index contributed by atoms with van der Waals surface area (Å²) >= 11 is 1.09. The number of thiazole rings is 1. The van der Waals surface area contributed by atoms with Crippen LogP contribution in [0.3, 0.4) is 0 Å². The van der Waals surface area contributed by atoms with E-state index in [1.807, 2.05) is 31.4 Å². The Morgan fingerprint density at radius 2 is 1.94 bits per heavy atom. The number of pyridine rings is 1. The number of hydrogen-bond donors (Lipinski definition) is 1. The highest BCUT2D eigenvalue weighted by Gasteiger charge is 2.23. The third-order valence-electron chi connectivity index (χ3n) is 4.86. The number of aromatic nitrogens is 3. The average Bonchev–Trinajstić information content (AvgIpc) is 3.27. The maximum Gasteiger partial charge on any atom is 0.365 e. The molecule has 1 N–H and O–H groups in total. The van der Waals surface area contributed by atoms with Crippen LogP contribution in [0, 0.1) is 25.5 Å². The minimum atomic E-state index is -1.08. The molecular weight excluding hydrogens is 424 g/mol. The van der Waals surface area contributed by atoms with Crippen molar-refractivity contribution in [3.05, 3.63) is 69.6 Å². The van der Waals surface area contributed by atoms with Crippen molar-refractivity contribution in [3.8, 4) is 16.3 Å². The summed E-state index contributed by atoms with van der Waals surface area (Å²) in [4.78, 5) is 21.0. The predicted molar refractivity (Wildman–Crippen MR) is 113 cm³/mol. The van der Waals surface area contributed by atoms with Gasteiger partial charge in [0, 0.05) is 6.20 Å². The molecular formula is C22H19F2N3O3S. The van der Waals surface area contributed by atoms with Crippen LogP contribution < -0.4 is 4.74 Å². The van der Waals surface area contributed by atoms with Crippen LogP contribution in [0.25, 0.3) is 16.2 Å². The lowest BCUT2D eigenvalue weighted by molar-refractivity contribution is 0.0696. The lowest BCUT2D eigenvalue weighted by atomic mass is 10.2. The van der Waals surface area contributed by atoms with Gasteiger partial charge in [-0.1, -0.05) is 13.0 Å². The Kier molecular flexibility index (Phi) is 5.45. The zero-order chi connectivity index (χ0) is 22.3. The fourth-order valence-electron chi connectivity index (χ4n) is 3.43. The van der Waals surface area contributed by atoms with Gasteiger partial charge in [0.1, 0.15) is 18.2 Å². The molecule has 4 rings (SSSR count). The van der Waals surface area contributed by atoms with Crippen molar-refractivity contribution in [3.63, 3.8) is 0 Å². The zero-order valence-corrected chi connectivity index (χ0v) is 17.9. The zero-order valence-electron chi connectivity index (χ0n) is 17.1. The molecule has 0 aliphatic heterocycles. The summed E-state index contributed by atoms with van der Waals surface area (Å²) < 4.78 is 35.6. The molecule has 0 saturated carbocycles. The van der Waals surface area contributed by atoms with E-state index in [1.54, 1.807) is 6.07 Å². The lowest BCUT2D eigenvalue weighted by Crippen LogP contribution is -2.03. The maximum absolute atomic E-state index is 14.0. The molecule has 0 unspecified atom stereocenters. The fraction of sp³-hybridized carbons (Fsp3) is 0.227. The molecule has 9 heteroatoms. The van der Waals surface area contributed by atoms with Crippen molar-refractivity contribution in [2.24, 2.45) is 0 Å².